The normalized spacial score (nSPS) is 16.2. The fourth-order valence-electron chi connectivity index (χ4n) is 0.913. The molecule has 0 saturated carbocycles. The van der Waals surface area contributed by atoms with Crippen molar-refractivity contribution in [1.29, 1.82) is 0 Å². The lowest BCUT2D eigenvalue weighted by molar-refractivity contribution is -0.123. The highest BCUT2D eigenvalue weighted by Crippen LogP contribution is 2.16. The van der Waals surface area contributed by atoms with Gasteiger partial charge in [-0.3, -0.25) is 9.59 Å². The van der Waals surface area contributed by atoms with Gasteiger partial charge in [-0.05, 0) is 0 Å². The molecule has 0 aliphatic carbocycles. The second-order valence-corrected chi connectivity index (χ2v) is 2.20. The first-order valence-corrected chi connectivity index (χ1v) is 3.20. The summed E-state index contributed by atoms with van der Waals surface area (Å²) in [4.78, 5) is 21.6. The number of carbonyl (C=O) groups is 2. The highest BCUT2D eigenvalue weighted by Gasteiger charge is 2.25. The van der Waals surface area contributed by atoms with Crippen LogP contribution in [0.5, 0.6) is 0 Å². The van der Waals surface area contributed by atoms with E-state index in [1.54, 1.807) is 0 Å². The third kappa shape index (κ3) is 0.914. The zero-order valence-corrected chi connectivity index (χ0v) is 5.85. The number of rotatable bonds is 1. The van der Waals surface area contributed by atoms with Crippen molar-refractivity contribution in [2.45, 2.75) is 0 Å². The van der Waals surface area contributed by atoms with Gasteiger partial charge < -0.3 is 4.52 Å². The Hall–Kier alpha value is -1.91. The van der Waals surface area contributed by atoms with E-state index in [-0.39, 0.29) is 5.57 Å². The monoisotopic (exact) mass is 163 g/mol. The molecule has 0 N–H and O–H groups in total. The Kier molecular flexibility index (Phi) is 1.30. The quantitative estimate of drug-likeness (QED) is 0.534. The fourth-order valence-corrected chi connectivity index (χ4v) is 0.913. The third-order valence-electron chi connectivity index (χ3n) is 1.42. The van der Waals surface area contributed by atoms with Crippen molar-refractivity contribution in [3.05, 3.63) is 24.1 Å². The van der Waals surface area contributed by atoms with Crippen molar-refractivity contribution in [2.24, 2.45) is 0 Å². The molecule has 1 aromatic rings. The van der Waals surface area contributed by atoms with Gasteiger partial charge in [-0.2, -0.15) is 5.32 Å². The number of hydrogen-bond donors (Lipinski definition) is 0. The summed E-state index contributed by atoms with van der Waals surface area (Å²) in [5.74, 6) is -1.10. The van der Waals surface area contributed by atoms with Crippen molar-refractivity contribution in [1.82, 2.24) is 10.5 Å². The lowest BCUT2D eigenvalue weighted by atomic mass is 10.2. The number of hydrogen-bond acceptors (Lipinski definition) is 4. The molecular weight excluding hydrogens is 160 g/mol. The van der Waals surface area contributed by atoms with E-state index in [0.29, 0.717) is 5.69 Å². The SMILES string of the molecule is O=C1C=C(c2ccon2)C(=O)[N]1. The molecule has 2 rings (SSSR count). The van der Waals surface area contributed by atoms with Gasteiger partial charge in [-0.15, -0.1) is 0 Å². The van der Waals surface area contributed by atoms with E-state index in [0.717, 1.165) is 6.08 Å². The van der Waals surface area contributed by atoms with Gasteiger partial charge in [-0.25, -0.2) is 0 Å². The van der Waals surface area contributed by atoms with Gasteiger partial charge in [0.05, 0.1) is 5.57 Å². The highest BCUT2D eigenvalue weighted by molar-refractivity contribution is 6.32. The van der Waals surface area contributed by atoms with Crippen LogP contribution in [0.15, 0.2) is 22.9 Å². The minimum absolute atomic E-state index is 0.189. The summed E-state index contributed by atoms with van der Waals surface area (Å²) in [5.41, 5.74) is 0.531. The molecule has 1 aliphatic rings. The van der Waals surface area contributed by atoms with Crippen LogP contribution in [0.1, 0.15) is 5.69 Å². The van der Waals surface area contributed by atoms with E-state index in [9.17, 15) is 9.59 Å². The van der Waals surface area contributed by atoms with Gasteiger partial charge >= 0.3 is 0 Å². The van der Waals surface area contributed by atoms with Crippen molar-refractivity contribution < 1.29 is 14.1 Å². The lowest BCUT2D eigenvalue weighted by Crippen LogP contribution is -2.13. The van der Waals surface area contributed by atoms with Crippen molar-refractivity contribution in [3.63, 3.8) is 0 Å². The summed E-state index contributed by atoms with van der Waals surface area (Å²) < 4.78 is 4.51. The molecule has 2 amide bonds. The van der Waals surface area contributed by atoms with Crippen LogP contribution in [0.3, 0.4) is 0 Å². The maximum Gasteiger partial charge on any atom is 0.282 e. The van der Waals surface area contributed by atoms with Crippen LogP contribution in [0, 0.1) is 0 Å². The molecule has 2 heterocycles. The van der Waals surface area contributed by atoms with Crippen LogP contribution in [0.25, 0.3) is 5.57 Å². The number of imide groups is 1. The standard InChI is InChI=1S/C7H3N2O3/c10-6-3-4(7(11)8-6)5-1-2-12-9-5/h1-3H. The fraction of sp³-hybridized carbons (Fsp3) is 0. The molecule has 0 atom stereocenters. The Labute approximate surface area is 67.0 Å². The molecule has 0 spiro atoms. The Morgan fingerprint density at radius 1 is 1.33 bits per heavy atom. The summed E-state index contributed by atoms with van der Waals surface area (Å²) >= 11 is 0. The Morgan fingerprint density at radius 2 is 2.17 bits per heavy atom. The van der Waals surface area contributed by atoms with Gasteiger partial charge in [0.2, 0.25) is 0 Å². The molecular formula is C7H3N2O3. The molecule has 5 heteroatoms. The van der Waals surface area contributed by atoms with E-state index in [1.807, 2.05) is 0 Å². The topological polar surface area (TPSA) is 74.3 Å². The summed E-state index contributed by atoms with van der Waals surface area (Å²) in [6, 6.07) is 1.50. The van der Waals surface area contributed by atoms with Crippen molar-refractivity contribution in [3.8, 4) is 0 Å². The second kappa shape index (κ2) is 2.30. The molecule has 1 aliphatic heterocycles. The largest absolute Gasteiger partial charge is 0.364 e. The van der Waals surface area contributed by atoms with Crippen LogP contribution in [0.4, 0.5) is 0 Å². The van der Waals surface area contributed by atoms with Crippen LogP contribution in [-0.2, 0) is 9.59 Å². The molecule has 0 saturated heterocycles. The van der Waals surface area contributed by atoms with Gasteiger partial charge in [-0.1, -0.05) is 5.16 Å². The van der Waals surface area contributed by atoms with Crippen LogP contribution in [0.2, 0.25) is 0 Å². The lowest BCUT2D eigenvalue weighted by Gasteiger charge is -1.87. The average Bonchev–Trinajstić information content (AvgIpc) is 2.58. The van der Waals surface area contributed by atoms with E-state index in [4.69, 9.17) is 0 Å². The number of aromatic nitrogens is 1. The highest BCUT2D eigenvalue weighted by atomic mass is 16.5. The summed E-state index contributed by atoms with van der Waals surface area (Å²) in [7, 11) is 0. The van der Waals surface area contributed by atoms with Gasteiger partial charge in [0.15, 0.2) is 0 Å². The summed E-state index contributed by atoms with van der Waals surface area (Å²) in [6.45, 7) is 0. The Bertz CT molecular complexity index is 364. The first-order chi connectivity index (χ1) is 5.77. The molecule has 0 aromatic carbocycles. The molecule has 0 bridgehead atoms. The zero-order valence-electron chi connectivity index (χ0n) is 5.85. The zero-order chi connectivity index (χ0) is 8.55. The molecule has 0 unspecified atom stereocenters. The minimum atomic E-state index is -0.561. The van der Waals surface area contributed by atoms with Gasteiger partial charge in [0.1, 0.15) is 12.0 Å². The predicted molar refractivity (Wildman–Crippen MR) is 36.6 cm³/mol. The Balaban J connectivity index is 2.43. The maximum atomic E-state index is 10.9. The molecule has 0 fully saturated rings. The molecule has 5 nitrogen and oxygen atoms in total. The molecule has 1 aromatic heterocycles. The molecule has 1 radical (unpaired) electrons. The number of amides is 2. The summed E-state index contributed by atoms with van der Waals surface area (Å²) in [6.07, 6.45) is 2.46. The smallest absolute Gasteiger partial charge is 0.282 e. The van der Waals surface area contributed by atoms with Gasteiger partial charge in [0, 0.05) is 12.1 Å². The van der Waals surface area contributed by atoms with Crippen LogP contribution in [-0.4, -0.2) is 17.0 Å². The minimum Gasteiger partial charge on any atom is -0.364 e. The number of nitrogens with zero attached hydrogens (tertiary/aromatic N) is 2. The molecule has 12 heavy (non-hydrogen) atoms. The third-order valence-corrected chi connectivity index (χ3v) is 1.42. The Morgan fingerprint density at radius 3 is 2.67 bits per heavy atom. The summed E-state index contributed by atoms with van der Waals surface area (Å²) in [5, 5.41) is 6.68. The number of carbonyl (C=O) groups excluding carboxylic acids is 2. The van der Waals surface area contributed by atoms with Crippen molar-refractivity contribution >= 4 is 17.4 Å². The average molecular weight is 163 g/mol. The maximum absolute atomic E-state index is 10.9. The first kappa shape index (κ1) is 6.78. The molecule has 59 valence electrons. The van der Waals surface area contributed by atoms with E-state index in [2.05, 4.69) is 15.0 Å². The van der Waals surface area contributed by atoms with Crippen LogP contribution >= 0.6 is 0 Å². The first-order valence-electron chi connectivity index (χ1n) is 3.20. The van der Waals surface area contributed by atoms with Crippen LogP contribution < -0.4 is 5.32 Å². The van der Waals surface area contributed by atoms with Gasteiger partial charge in [0.25, 0.3) is 11.8 Å². The second-order valence-electron chi connectivity index (χ2n) is 2.20. The van der Waals surface area contributed by atoms with Crippen molar-refractivity contribution in [2.75, 3.05) is 0 Å². The van der Waals surface area contributed by atoms with E-state index in [1.165, 1.54) is 12.3 Å². The van der Waals surface area contributed by atoms with E-state index >= 15 is 0 Å². The predicted octanol–water partition coefficient (Wildman–Crippen LogP) is -0.271. The van der Waals surface area contributed by atoms with E-state index < -0.39 is 11.8 Å².